The maximum Gasteiger partial charge on any atom is 0.407 e. The molecule has 0 saturated heterocycles. The third-order valence-electron chi connectivity index (χ3n) is 6.05. The van der Waals surface area contributed by atoms with Crippen molar-refractivity contribution in [2.24, 2.45) is 0 Å². The molecule has 0 heterocycles. The van der Waals surface area contributed by atoms with E-state index in [1.54, 1.807) is 23.7 Å². The Morgan fingerprint density at radius 3 is 2.26 bits per heavy atom. The third kappa shape index (κ3) is 6.53. The number of rotatable bonds is 12. The first-order valence-corrected chi connectivity index (χ1v) is 12.9. The number of hydrogen-bond donors (Lipinski definition) is 2. The van der Waals surface area contributed by atoms with Gasteiger partial charge in [0.2, 0.25) is 5.91 Å². The molecule has 0 saturated carbocycles. The number of carbonyl (C=O) groups is 3. The highest BCUT2D eigenvalue weighted by Crippen LogP contribution is 2.44. The van der Waals surface area contributed by atoms with Gasteiger partial charge in [0.05, 0.1) is 0 Å². The summed E-state index contributed by atoms with van der Waals surface area (Å²) in [5, 5.41) is 11.5. The van der Waals surface area contributed by atoms with Crippen LogP contribution in [0.25, 0.3) is 11.1 Å². The van der Waals surface area contributed by atoms with Crippen LogP contribution in [0, 0.1) is 0 Å². The smallest absolute Gasteiger partial charge is 0.407 e. The van der Waals surface area contributed by atoms with Crippen LogP contribution >= 0.6 is 11.8 Å². The minimum atomic E-state index is -0.844. The van der Waals surface area contributed by atoms with Crippen LogP contribution in [0.2, 0.25) is 0 Å². The van der Waals surface area contributed by atoms with Gasteiger partial charge < -0.3 is 20.1 Å². The number of carboxylic acids is 1. The molecular weight excluding hydrogens is 452 g/mol. The van der Waals surface area contributed by atoms with Gasteiger partial charge in [-0.15, -0.1) is 0 Å². The number of fused-ring (bicyclic) bond motifs is 3. The van der Waals surface area contributed by atoms with Gasteiger partial charge in [-0.05, 0) is 53.5 Å². The first kappa shape index (κ1) is 25.6. The Bertz CT molecular complexity index is 967. The zero-order valence-corrected chi connectivity index (χ0v) is 20.5. The molecule has 1 aliphatic carbocycles. The number of likely N-dealkylation sites (N-methyl/N-ethyl adjacent to an activating group) is 1. The van der Waals surface area contributed by atoms with Crippen molar-refractivity contribution in [3.63, 3.8) is 0 Å². The van der Waals surface area contributed by atoms with Crippen LogP contribution in [0.3, 0.4) is 0 Å². The normalized spacial score (nSPS) is 13.0. The van der Waals surface area contributed by atoms with Crippen LogP contribution in [0.5, 0.6) is 0 Å². The minimum Gasteiger partial charge on any atom is -0.481 e. The van der Waals surface area contributed by atoms with Gasteiger partial charge in [-0.2, -0.15) is 11.8 Å². The first-order chi connectivity index (χ1) is 16.4. The molecule has 7 nitrogen and oxygen atoms in total. The summed E-state index contributed by atoms with van der Waals surface area (Å²) in [7, 11) is 1.68. The molecule has 0 aromatic heterocycles. The summed E-state index contributed by atoms with van der Waals surface area (Å²) in [5.41, 5.74) is 4.58. The molecule has 1 aliphatic rings. The highest BCUT2D eigenvalue weighted by Gasteiger charge is 2.30. The van der Waals surface area contributed by atoms with Crippen molar-refractivity contribution in [2.75, 3.05) is 32.2 Å². The summed E-state index contributed by atoms with van der Waals surface area (Å²) in [6, 6.07) is 15.6. The molecule has 2 aromatic rings. The Kier molecular flexibility index (Phi) is 9.39. The SMILES string of the molecule is CSCC[C@@H](NC(=O)OCC1c2ccccc2-c2ccccc21)C(=O)N(C)CCCCC(=O)O. The second-order valence-corrected chi connectivity index (χ2v) is 9.40. The highest BCUT2D eigenvalue weighted by atomic mass is 32.2. The van der Waals surface area contributed by atoms with E-state index in [1.807, 2.05) is 30.5 Å². The number of amides is 2. The number of aliphatic carboxylic acids is 1. The highest BCUT2D eigenvalue weighted by molar-refractivity contribution is 7.98. The van der Waals surface area contributed by atoms with E-state index in [-0.39, 0.29) is 24.9 Å². The standard InChI is InChI=1S/C26H32N2O5S/c1-28(15-8-7-13-24(29)30)25(31)23(14-16-34-2)27-26(32)33-17-22-20-11-5-3-9-18(20)19-10-4-6-12-21(19)22/h3-6,9-12,22-23H,7-8,13-17H2,1-2H3,(H,27,32)(H,29,30)/t23-/m1/s1. The van der Waals surface area contributed by atoms with E-state index >= 15 is 0 Å². The number of benzene rings is 2. The molecule has 0 bridgehead atoms. The van der Waals surface area contributed by atoms with E-state index in [2.05, 4.69) is 29.6 Å². The van der Waals surface area contributed by atoms with E-state index in [4.69, 9.17) is 9.84 Å². The summed E-state index contributed by atoms with van der Waals surface area (Å²) >= 11 is 1.60. The second-order valence-electron chi connectivity index (χ2n) is 8.41. The molecule has 2 N–H and O–H groups in total. The number of ether oxygens (including phenoxy) is 1. The van der Waals surface area contributed by atoms with Gasteiger partial charge in [0.1, 0.15) is 12.6 Å². The van der Waals surface area contributed by atoms with Crippen molar-refractivity contribution in [1.82, 2.24) is 10.2 Å². The van der Waals surface area contributed by atoms with Crippen LogP contribution in [0.15, 0.2) is 48.5 Å². The number of alkyl carbamates (subject to hydrolysis) is 1. The van der Waals surface area contributed by atoms with Gasteiger partial charge in [-0.25, -0.2) is 4.79 Å². The van der Waals surface area contributed by atoms with Gasteiger partial charge in [0, 0.05) is 25.9 Å². The summed E-state index contributed by atoms with van der Waals surface area (Å²) in [4.78, 5) is 37.8. The van der Waals surface area contributed by atoms with Crippen molar-refractivity contribution in [1.29, 1.82) is 0 Å². The number of carbonyl (C=O) groups excluding carboxylic acids is 2. The molecule has 2 aromatic carbocycles. The van der Waals surface area contributed by atoms with E-state index in [0.717, 1.165) is 22.3 Å². The lowest BCUT2D eigenvalue weighted by Gasteiger charge is -2.24. The maximum atomic E-state index is 12.9. The Morgan fingerprint density at radius 1 is 1.06 bits per heavy atom. The molecule has 0 unspecified atom stereocenters. The molecule has 0 radical (unpaired) electrons. The molecular formula is C26H32N2O5S. The number of carboxylic acid groups (broad SMARTS) is 1. The largest absolute Gasteiger partial charge is 0.481 e. The van der Waals surface area contributed by atoms with Crippen molar-refractivity contribution in [3.05, 3.63) is 59.7 Å². The maximum absolute atomic E-state index is 12.9. The number of thioether (sulfide) groups is 1. The van der Waals surface area contributed by atoms with E-state index in [1.165, 1.54) is 0 Å². The van der Waals surface area contributed by atoms with E-state index in [0.29, 0.717) is 31.6 Å². The Hall–Kier alpha value is -3.00. The molecule has 182 valence electrons. The molecule has 0 spiro atoms. The van der Waals surface area contributed by atoms with Crippen molar-refractivity contribution >= 4 is 29.7 Å². The molecule has 0 fully saturated rings. The van der Waals surface area contributed by atoms with Gasteiger partial charge >= 0.3 is 12.1 Å². The average molecular weight is 485 g/mol. The molecule has 1 atom stereocenters. The predicted molar refractivity (Wildman–Crippen MR) is 134 cm³/mol. The Balaban J connectivity index is 1.58. The van der Waals surface area contributed by atoms with Crippen molar-refractivity contribution in [2.45, 2.75) is 37.6 Å². The van der Waals surface area contributed by atoms with Gasteiger partial charge in [0.25, 0.3) is 0 Å². The Labute approximate surface area is 204 Å². The topological polar surface area (TPSA) is 95.9 Å². The van der Waals surface area contributed by atoms with Crippen LogP contribution in [0.1, 0.15) is 42.7 Å². The monoisotopic (exact) mass is 484 g/mol. The first-order valence-electron chi connectivity index (χ1n) is 11.5. The minimum absolute atomic E-state index is 0.0459. The quantitative estimate of drug-likeness (QED) is 0.435. The fraction of sp³-hybridized carbons (Fsp3) is 0.423. The lowest BCUT2D eigenvalue weighted by molar-refractivity contribution is -0.137. The van der Waals surface area contributed by atoms with Gasteiger partial charge in [0.15, 0.2) is 0 Å². The fourth-order valence-corrected chi connectivity index (χ4v) is 4.75. The summed E-state index contributed by atoms with van der Waals surface area (Å²) in [5.74, 6) is -0.371. The second kappa shape index (κ2) is 12.5. The molecule has 2 amide bonds. The van der Waals surface area contributed by atoms with Crippen LogP contribution in [0.4, 0.5) is 4.79 Å². The Morgan fingerprint density at radius 2 is 1.68 bits per heavy atom. The number of hydrogen-bond acceptors (Lipinski definition) is 5. The van der Waals surface area contributed by atoms with Crippen molar-refractivity contribution < 1.29 is 24.2 Å². The molecule has 0 aliphatic heterocycles. The predicted octanol–water partition coefficient (Wildman–Crippen LogP) is 4.36. The number of nitrogens with zero attached hydrogens (tertiary/aromatic N) is 1. The summed E-state index contributed by atoms with van der Waals surface area (Å²) in [6.45, 7) is 0.628. The lowest BCUT2D eigenvalue weighted by atomic mass is 9.98. The number of nitrogens with one attached hydrogen (secondary N) is 1. The van der Waals surface area contributed by atoms with Gasteiger partial charge in [-0.3, -0.25) is 9.59 Å². The zero-order valence-electron chi connectivity index (χ0n) is 19.7. The fourth-order valence-electron chi connectivity index (χ4n) is 4.28. The molecule has 34 heavy (non-hydrogen) atoms. The summed E-state index contributed by atoms with van der Waals surface area (Å²) < 4.78 is 5.61. The number of unbranched alkanes of at least 4 members (excludes halogenated alkanes) is 1. The van der Waals surface area contributed by atoms with Crippen LogP contribution < -0.4 is 5.32 Å². The van der Waals surface area contributed by atoms with E-state index < -0.39 is 18.1 Å². The average Bonchev–Trinajstić information content (AvgIpc) is 3.16. The zero-order chi connectivity index (χ0) is 24.5. The molecule has 3 rings (SSSR count). The van der Waals surface area contributed by atoms with Crippen LogP contribution in [-0.4, -0.2) is 66.2 Å². The van der Waals surface area contributed by atoms with Crippen LogP contribution in [-0.2, 0) is 14.3 Å². The van der Waals surface area contributed by atoms with E-state index in [9.17, 15) is 14.4 Å². The third-order valence-corrected chi connectivity index (χ3v) is 6.70. The van der Waals surface area contributed by atoms with Crippen molar-refractivity contribution in [3.8, 4) is 11.1 Å². The lowest BCUT2D eigenvalue weighted by Crippen LogP contribution is -2.48. The molecule has 8 heteroatoms. The summed E-state index contributed by atoms with van der Waals surface area (Å²) in [6.07, 6.45) is 3.00. The van der Waals surface area contributed by atoms with Gasteiger partial charge in [-0.1, -0.05) is 48.5 Å².